The molecule has 0 bridgehead atoms. The molecule has 0 amide bonds. The summed E-state index contributed by atoms with van der Waals surface area (Å²) in [6.07, 6.45) is 5.52. The van der Waals surface area contributed by atoms with Crippen LogP contribution in [0.2, 0.25) is 0 Å². The van der Waals surface area contributed by atoms with Gasteiger partial charge in [-0.05, 0) is 31.2 Å². The number of thiazole rings is 1. The fourth-order valence-corrected chi connectivity index (χ4v) is 2.57. The molecule has 0 aromatic carbocycles. The van der Waals surface area contributed by atoms with E-state index in [1.54, 1.807) is 11.3 Å². The van der Waals surface area contributed by atoms with Crippen LogP contribution in [0.15, 0.2) is 11.7 Å². The summed E-state index contributed by atoms with van der Waals surface area (Å²) in [7, 11) is 0. The number of hydrogen-bond donors (Lipinski definition) is 1. The molecule has 3 heteroatoms. The molecule has 1 heterocycles. The van der Waals surface area contributed by atoms with Gasteiger partial charge in [0.2, 0.25) is 0 Å². The third kappa shape index (κ3) is 5.61. The third-order valence-corrected chi connectivity index (χ3v) is 3.27. The van der Waals surface area contributed by atoms with E-state index >= 15 is 0 Å². The molecule has 1 N–H and O–H groups in total. The van der Waals surface area contributed by atoms with Gasteiger partial charge in [0.25, 0.3) is 0 Å². The Hall–Kier alpha value is -0.410. The summed E-state index contributed by atoms with van der Waals surface area (Å²) >= 11 is 1.76. The predicted molar refractivity (Wildman–Crippen MR) is 72.0 cm³/mol. The molecule has 92 valence electrons. The van der Waals surface area contributed by atoms with Crippen LogP contribution in [0, 0.1) is 5.41 Å². The van der Waals surface area contributed by atoms with Crippen molar-refractivity contribution in [1.29, 1.82) is 0 Å². The molecule has 1 rings (SSSR count). The van der Waals surface area contributed by atoms with Gasteiger partial charge in [-0.25, -0.2) is 0 Å². The zero-order valence-electron chi connectivity index (χ0n) is 10.9. The molecule has 1 atom stereocenters. The van der Waals surface area contributed by atoms with Gasteiger partial charge in [0.05, 0.1) is 5.51 Å². The Labute approximate surface area is 103 Å². The first-order valence-electron chi connectivity index (χ1n) is 6.12. The fourth-order valence-electron chi connectivity index (χ4n) is 1.89. The molecular formula is C13H24N2S. The van der Waals surface area contributed by atoms with Crippen molar-refractivity contribution in [3.8, 4) is 0 Å². The molecule has 0 saturated heterocycles. The highest BCUT2D eigenvalue weighted by molar-refractivity contribution is 7.09. The van der Waals surface area contributed by atoms with Crippen LogP contribution in [0.25, 0.3) is 0 Å². The molecule has 0 spiro atoms. The maximum Gasteiger partial charge on any atom is 0.0794 e. The van der Waals surface area contributed by atoms with E-state index in [0.717, 1.165) is 13.0 Å². The predicted octanol–water partition coefficient (Wildman–Crippen LogP) is 3.49. The molecule has 2 nitrogen and oxygen atoms in total. The van der Waals surface area contributed by atoms with Crippen molar-refractivity contribution in [3.05, 3.63) is 16.6 Å². The van der Waals surface area contributed by atoms with Crippen molar-refractivity contribution in [1.82, 2.24) is 10.3 Å². The van der Waals surface area contributed by atoms with Crippen LogP contribution in [0.1, 0.15) is 45.4 Å². The molecule has 1 unspecified atom stereocenters. The Morgan fingerprint density at radius 2 is 2.19 bits per heavy atom. The van der Waals surface area contributed by atoms with Gasteiger partial charge < -0.3 is 5.32 Å². The third-order valence-electron chi connectivity index (χ3n) is 2.47. The van der Waals surface area contributed by atoms with Crippen molar-refractivity contribution in [2.24, 2.45) is 5.41 Å². The first-order valence-corrected chi connectivity index (χ1v) is 7.00. The largest absolute Gasteiger partial charge is 0.314 e. The van der Waals surface area contributed by atoms with Crippen LogP contribution in [0.5, 0.6) is 0 Å². The highest BCUT2D eigenvalue weighted by Gasteiger charge is 2.18. The van der Waals surface area contributed by atoms with Crippen molar-refractivity contribution in [2.45, 2.75) is 53.0 Å². The summed E-state index contributed by atoms with van der Waals surface area (Å²) in [5, 5.41) is 3.64. The molecule has 0 aliphatic heterocycles. The van der Waals surface area contributed by atoms with Gasteiger partial charge in [-0.1, -0.05) is 27.7 Å². The first kappa shape index (κ1) is 13.7. The minimum Gasteiger partial charge on any atom is -0.314 e. The summed E-state index contributed by atoms with van der Waals surface area (Å²) in [5.74, 6) is 0. The van der Waals surface area contributed by atoms with E-state index in [2.05, 4.69) is 38.0 Å². The average molecular weight is 240 g/mol. The second kappa shape index (κ2) is 6.36. The quantitative estimate of drug-likeness (QED) is 0.823. The zero-order valence-corrected chi connectivity index (χ0v) is 11.7. The Morgan fingerprint density at radius 1 is 1.44 bits per heavy atom. The SMILES string of the molecule is CCCNC(Cc1cncs1)CC(C)(C)C. The minimum atomic E-state index is 0.385. The van der Waals surface area contributed by atoms with E-state index in [9.17, 15) is 0 Å². The van der Waals surface area contributed by atoms with E-state index in [1.165, 1.54) is 17.7 Å². The maximum absolute atomic E-state index is 4.14. The highest BCUT2D eigenvalue weighted by atomic mass is 32.1. The second-order valence-corrected chi connectivity index (χ2v) is 6.56. The second-order valence-electron chi connectivity index (χ2n) is 5.59. The number of nitrogens with zero attached hydrogens (tertiary/aromatic N) is 1. The van der Waals surface area contributed by atoms with Gasteiger partial charge in [0, 0.05) is 17.1 Å². The van der Waals surface area contributed by atoms with Crippen LogP contribution in [-0.2, 0) is 6.42 Å². The van der Waals surface area contributed by atoms with Crippen LogP contribution < -0.4 is 5.32 Å². The van der Waals surface area contributed by atoms with Crippen LogP contribution in [0.4, 0.5) is 0 Å². The molecule has 0 aliphatic carbocycles. The Bertz CT molecular complexity index is 275. The Balaban J connectivity index is 2.50. The molecule has 0 radical (unpaired) electrons. The number of rotatable bonds is 6. The smallest absolute Gasteiger partial charge is 0.0794 e. The Kier molecular flexibility index (Phi) is 5.42. The summed E-state index contributed by atoms with van der Waals surface area (Å²) < 4.78 is 0. The van der Waals surface area contributed by atoms with E-state index in [0.29, 0.717) is 11.5 Å². The Morgan fingerprint density at radius 3 is 2.69 bits per heavy atom. The molecule has 1 aromatic rings. The molecule has 0 fully saturated rings. The van der Waals surface area contributed by atoms with Gasteiger partial charge in [-0.2, -0.15) is 0 Å². The number of hydrogen-bond acceptors (Lipinski definition) is 3. The maximum atomic E-state index is 4.14. The number of aromatic nitrogens is 1. The van der Waals surface area contributed by atoms with E-state index in [1.807, 2.05) is 11.7 Å². The first-order chi connectivity index (χ1) is 7.51. The lowest BCUT2D eigenvalue weighted by Crippen LogP contribution is -2.35. The lowest BCUT2D eigenvalue weighted by molar-refractivity contribution is 0.307. The van der Waals surface area contributed by atoms with Crippen molar-refractivity contribution in [3.63, 3.8) is 0 Å². The average Bonchev–Trinajstić information content (AvgIpc) is 2.64. The van der Waals surface area contributed by atoms with E-state index in [-0.39, 0.29) is 0 Å². The van der Waals surface area contributed by atoms with Crippen molar-refractivity contribution >= 4 is 11.3 Å². The molecule has 16 heavy (non-hydrogen) atoms. The van der Waals surface area contributed by atoms with Crippen LogP contribution in [0.3, 0.4) is 0 Å². The van der Waals surface area contributed by atoms with Gasteiger partial charge >= 0.3 is 0 Å². The summed E-state index contributed by atoms with van der Waals surface area (Å²) in [6, 6.07) is 0.584. The minimum absolute atomic E-state index is 0.385. The molecule has 1 aromatic heterocycles. The lowest BCUT2D eigenvalue weighted by Gasteiger charge is -2.26. The normalized spacial score (nSPS) is 14.0. The topological polar surface area (TPSA) is 24.9 Å². The van der Waals surface area contributed by atoms with Crippen molar-refractivity contribution < 1.29 is 0 Å². The summed E-state index contributed by atoms with van der Waals surface area (Å²) in [5.41, 5.74) is 2.30. The summed E-state index contributed by atoms with van der Waals surface area (Å²) in [6.45, 7) is 10.2. The molecule has 0 saturated carbocycles. The highest BCUT2D eigenvalue weighted by Crippen LogP contribution is 2.23. The van der Waals surface area contributed by atoms with Gasteiger partial charge in [0.1, 0.15) is 0 Å². The standard InChI is InChI=1S/C13H24N2S/c1-5-6-15-11(8-13(2,3)4)7-12-9-14-10-16-12/h9-11,15H,5-8H2,1-4H3. The van der Waals surface area contributed by atoms with Crippen LogP contribution in [-0.4, -0.2) is 17.6 Å². The van der Waals surface area contributed by atoms with E-state index < -0.39 is 0 Å². The van der Waals surface area contributed by atoms with Crippen LogP contribution >= 0.6 is 11.3 Å². The van der Waals surface area contributed by atoms with Gasteiger partial charge in [-0.15, -0.1) is 11.3 Å². The monoisotopic (exact) mass is 240 g/mol. The molecular weight excluding hydrogens is 216 g/mol. The molecule has 0 aliphatic rings. The lowest BCUT2D eigenvalue weighted by atomic mass is 9.87. The zero-order chi connectivity index (χ0) is 12.0. The fraction of sp³-hybridized carbons (Fsp3) is 0.769. The van der Waals surface area contributed by atoms with Gasteiger partial charge in [-0.3, -0.25) is 4.98 Å². The van der Waals surface area contributed by atoms with Gasteiger partial charge in [0.15, 0.2) is 0 Å². The summed E-state index contributed by atoms with van der Waals surface area (Å²) in [4.78, 5) is 5.53. The number of nitrogens with one attached hydrogen (secondary N) is 1. The van der Waals surface area contributed by atoms with E-state index in [4.69, 9.17) is 0 Å². The van der Waals surface area contributed by atoms with Crippen molar-refractivity contribution in [2.75, 3.05) is 6.54 Å².